The van der Waals surface area contributed by atoms with E-state index in [1.807, 2.05) is 0 Å². The summed E-state index contributed by atoms with van der Waals surface area (Å²) in [7, 11) is 0. The Morgan fingerprint density at radius 3 is 2.67 bits per heavy atom. The van der Waals surface area contributed by atoms with Gasteiger partial charge >= 0.3 is 6.18 Å². The number of hydrogen-bond donors (Lipinski definition) is 1. The highest BCUT2D eigenvalue weighted by Gasteiger charge is 2.36. The van der Waals surface area contributed by atoms with E-state index in [2.05, 4.69) is 26.1 Å². The molecule has 1 N–H and O–H groups in total. The van der Waals surface area contributed by atoms with Crippen molar-refractivity contribution in [3.63, 3.8) is 0 Å². The Hall–Kier alpha value is -0.750. The third kappa shape index (κ3) is 3.21. The Kier molecular flexibility index (Phi) is 4.19. The first-order valence-corrected chi connectivity index (χ1v) is 8.12. The van der Waals surface area contributed by atoms with Gasteiger partial charge in [0.2, 0.25) is 0 Å². The van der Waals surface area contributed by atoms with Crippen molar-refractivity contribution in [2.45, 2.75) is 43.9 Å². The average molecular weight is 363 g/mol. The molecule has 2 aliphatic rings. The molecule has 0 radical (unpaired) electrons. The van der Waals surface area contributed by atoms with Gasteiger partial charge in [-0.15, -0.1) is 0 Å². The molecule has 0 saturated carbocycles. The van der Waals surface area contributed by atoms with Crippen LogP contribution in [0.3, 0.4) is 0 Å². The van der Waals surface area contributed by atoms with Crippen LogP contribution in [0.1, 0.15) is 31.2 Å². The lowest BCUT2D eigenvalue weighted by molar-refractivity contribution is -0.137. The zero-order chi connectivity index (χ0) is 15.0. The van der Waals surface area contributed by atoms with Crippen LogP contribution in [0, 0.1) is 0 Å². The maximum absolute atomic E-state index is 12.7. The highest BCUT2D eigenvalue weighted by Crippen LogP contribution is 2.36. The number of hydrogen-bond acceptors (Lipinski definition) is 2. The monoisotopic (exact) mass is 362 g/mol. The summed E-state index contributed by atoms with van der Waals surface area (Å²) in [5.41, 5.74) is 0.131. The van der Waals surface area contributed by atoms with Gasteiger partial charge in [-0.25, -0.2) is 0 Å². The lowest BCUT2D eigenvalue weighted by Gasteiger charge is -2.33. The third-order valence-corrected chi connectivity index (χ3v) is 5.15. The lowest BCUT2D eigenvalue weighted by atomic mass is 9.99. The van der Waals surface area contributed by atoms with E-state index in [4.69, 9.17) is 0 Å². The van der Waals surface area contributed by atoms with Crippen molar-refractivity contribution in [3.8, 4) is 0 Å². The number of benzene rings is 1. The van der Waals surface area contributed by atoms with Crippen LogP contribution in [0.4, 0.5) is 18.9 Å². The van der Waals surface area contributed by atoms with E-state index in [0.717, 1.165) is 37.3 Å². The number of fused-ring (bicyclic) bond motifs is 1. The topological polar surface area (TPSA) is 15.3 Å². The van der Waals surface area contributed by atoms with Crippen molar-refractivity contribution in [1.82, 2.24) is 4.90 Å². The van der Waals surface area contributed by atoms with Crippen molar-refractivity contribution in [2.75, 3.05) is 18.4 Å². The Morgan fingerprint density at radius 1 is 1.14 bits per heavy atom. The summed E-state index contributed by atoms with van der Waals surface area (Å²) in [5.74, 6) is 0. The fourth-order valence-electron chi connectivity index (χ4n) is 3.42. The molecule has 2 aliphatic heterocycles. The van der Waals surface area contributed by atoms with Crippen LogP contribution in [-0.2, 0) is 6.18 Å². The van der Waals surface area contributed by atoms with E-state index in [-0.39, 0.29) is 0 Å². The van der Waals surface area contributed by atoms with E-state index in [1.165, 1.54) is 25.3 Å². The van der Waals surface area contributed by atoms with Crippen LogP contribution in [0.25, 0.3) is 0 Å². The zero-order valence-corrected chi connectivity index (χ0v) is 13.2. The Morgan fingerprint density at radius 2 is 1.95 bits per heavy atom. The SMILES string of the molecule is FC(F)(F)c1ccc(NC2CCN3CCCCC23)c(Br)c1. The molecule has 2 nitrogen and oxygen atoms in total. The highest BCUT2D eigenvalue weighted by atomic mass is 79.9. The standard InChI is InChI=1S/C15H18BrF3N2/c16-11-9-10(15(17,18)19)4-5-12(11)20-13-6-8-21-7-2-1-3-14(13)21/h4-5,9,13-14,20H,1-3,6-8H2. The second-order valence-electron chi connectivity index (χ2n) is 5.83. The lowest BCUT2D eigenvalue weighted by Crippen LogP contribution is -2.41. The van der Waals surface area contributed by atoms with Crippen LogP contribution in [0.15, 0.2) is 22.7 Å². The fraction of sp³-hybridized carbons (Fsp3) is 0.600. The molecule has 2 heterocycles. The van der Waals surface area contributed by atoms with Crippen molar-refractivity contribution in [2.24, 2.45) is 0 Å². The summed E-state index contributed by atoms with van der Waals surface area (Å²) in [6.07, 6.45) is 0.434. The number of anilines is 1. The summed E-state index contributed by atoms with van der Waals surface area (Å²) >= 11 is 3.26. The molecule has 21 heavy (non-hydrogen) atoms. The van der Waals surface area contributed by atoms with E-state index in [9.17, 15) is 13.2 Å². The van der Waals surface area contributed by atoms with Crippen LogP contribution in [-0.4, -0.2) is 30.1 Å². The van der Waals surface area contributed by atoms with Gasteiger partial charge in [0.15, 0.2) is 0 Å². The molecule has 0 aliphatic carbocycles. The number of nitrogens with zero attached hydrogens (tertiary/aromatic N) is 1. The summed E-state index contributed by atoms with van der Waals surface area (Å²) in [4.78, 5) is 2.50. The number of alkyl halides is 3. The molecule has 3 rings (SSSR count). The van der Waals surface area contributed by atoms with E-state index >= 15 is 0 Å². The Labute approximate surface area is 130 Å². The fourth-order valence-corrected chi connectivity index (χ4v) is 3.92. The zero-order valence-electron chi connectivity index (χ0n) is 11.6. The third-order valence-electron chi connectivity index (χ3n) is 4.49. The molecule has 2 unspecified atom stereocenters. The van der Waals surface area contributed by atoms with Crippen LogP contribution in [0.5, 0.6) is 0 Å². The van der Waals surface area contributed by atoms with Gasteiger partial charge in [-0.2, -0.15) is 13.2 Å². The van der Waals surface area contributed by atoms with Crippen molar-refractivity contribution in [1.29, 1.82) is 0 Å². The van der Waals surface area contributed by atoms with Crippen LogP contribution >= 0.6 is 15.9 Å². The molecule has 1 aromatic carbocycles. The highest BCUT2D eigenvalue weighted by molar-refractivity contribution is 9.10. The summed E-state index contributed by atoms with van der Waals surface area (Å²) in [6, 6.07) is 4.67. The summed E-state index contributed by atoms with van der Waals surface area (Å²) in [5, 5.41) is 3.43. The van der Waals surface area contributed by atoms with E-state index in [1.54, 1.807) is 0 Å². The first-order valence-electron chi connectivity index (χ1n) is 7.32. The first kappa shape index (κ1) is 15.2. The smallest absolute Gasteiger partial charge is 0.380 e. The quantitative estimate of drug-likeness (QED) is 0.832. The van der Waals surface area contributed by atoms with Crippen molar-refractivity contribution < 1.29 is 13.2 Å². The normalized spacial score (nSPS) is 26.7. The number of nitrogens with one attached hydrogen (secondary N) is 1. The van der Waals surface area contributed by atoms with Crippen molar-refractivity contribution >= 4 is 21.6 Å². The van der Waals surface area contributed by atoms with Crippen LogP contribution in [0.2, 0.25) is 0 Å². The Balaban J connectivity index is 1.73. The second-order valence-corrected chi connectivity index (χ2v) is 6.69. The summed E-state index contributed by atoms with van der Waals surface area (Å²) in [6.45, 7) is 2.23. The molecule has 0 aromatic heterocycles. The Bertz CT molecular complexity index is 518. The largest absolute Gasteiger partial charge is 0.416 e. The molecular weight excluding hydrogens is 345 g/mol. The number of halogens is 4. The molecule has 1 aromatic rings. The van der Waals surface area contributed by atoms with Gasteiger partial charge in [-0.3, -0.25) is 4.90 Å². The van der Waals surface area contributed by atoms with Gasteiger partial charge in [-0.05, 0) is 59.9 Å². The molecular formula is C15H18BrF3N2. The second kappa shape index (κ2) is 5.80. The molecule has 2 atom stereocenters. The predicted octanol–water partition coefficient (Wildman–Crippen LogP) is 4.51. The van der Waals surface area contributed by atoms with E-state index in [0.29, 0.717) is 16.6 Å². The van der Waals surface area contributed by atoms with Crippen LogP contribution < -0.4 is 5.32 Å². The minimum Gasteiger partial charge on any atom is -0.380 e. The molecule has 2 saturated heterocycles. The summed E-state index contributed by atoms with van der Waals surface area (Å²) < 4.78 is 38.5. The maximum Gasteiger partial charge on any atom is 0.416 e. The molecule has 0 amide bonds. The van der Waals surface area contributed by atoms with Gasteiger partial charge in [0.1, 0.15) is 0 Å². The predicted molar refractivity (Wildman–Crippen MR) is 80.4 cm³/mol. The molecule has 6 heteroatoms. The van der Waals surface area contributed by atoms with Gasteiger partial charge < -0.3 is 5.32 Å². The van der Waals surface area contributed by atoms with Gasteiger partial charge in [0, 0.05) is 28.8 Å². The maximum atomic E-state index is 12.7. The minimum absolute atomic E-state index is 0.332. The minimum atomic E-state index is -4.30. The number of rotatable bonds is 2. The first-order chi connectivity index (χ1) is 9.95. The molecule has 116 valence electrons. The van der Waals surface area contributed by atoms with Gasteiger partial charge in [0.25, 0.3) is 0 Å². The van der Waals surface area contributed by atoms with Gasteiger partial charge in [-0.1, -0.05) is 6.42 Å². The molecule has 2 fully saturated rings. The molecule has 0 spiro atoms. The molecule has 0 bridgehead atoms. The van der Waals surface area contributed by atoms with Gasteiger partial charge in [0.05, 0.1) is 5.56 Å². The average Bonchev–Trinajstić information content (AvgIpc) is 2.83. The van der Waals surface area contributed by atoms with Crippen molar-refractivity contribution in [3.05, 3.63) is 28.2 Å². The number of piperidine rings is 1. The van der Waals surface area contributed by atoms with E-state index < -0.39 is 11.7 Å².